The van der Waals surface area contributed by atoms with Crippen LogP contribution in [0, 0.1) is 6.92 Å². The monoisotopic (exact) mass is 219 g/mol. The van der Waals surface area contributed by atoms with Gasteiger partial charge in [-0.05, 0) is 13.0 Å². The fraction of sp³-hybridized carbons (Fsp3) is 0.111. The van der Waals surface area contributed by atoms with Crippen molar-refractivity contribution in [2.45, 2.75) is 6.92 Å². The van der Waals surface area contributed by atoms with Gasteiger partial charge in [0.15, 0.2) is 11.5 Å². The first-order valence-corrected chi connectivity index (χ1v) is 4.51. The van der Waals surface area contributed by atoms with E-state index in [1.807, 2.05) is 6.92 Å². The summed E-state index contributed by atoms with van der Waals surface area (Å²) < 4.78 is 0. The van der Waals surface area contributed by atoms with Crippen LogP contribution in [0.25, 0.3) is 0 Å². The standard InChI is InChI=1S/C9H9N5O2/c1-6-4-8(13-12-6)14-16-9(15)7-2-3-10-5-11-7/h2-5H,1H3,(H2,12,13,14). The quantitative estimate of drug-likeness (QED) is 0.738. The molecule has 82 valence electrons. The van der Waals surface area contributed by atoms with Crippen molar-refractivity contribution in [2.24, 2.45) is 0 Å². The van der Waals surface area contributed by atoms with Crippen LogP contribution in [0.1, 0.15) is 16.2 Å². The van der Waals surface area contributed by atoms with Gasteiger partial charge in [-0.3, -0.25) is 5.10 Å². The Hall–Kier alpha value is -2.44. The predicted molar refractivity (Wildman–Crippen MR) is 54.4 cm³/mol. The molecule has 2 heterocycles. The molecule has 0 aromatic carbocycles. The second kappa shape index (κ2) is 4.39. The Morgan fingerprint density at radius 1 is 1.56 bits per heavy atom. The summed E-state index contributed by atoms with van der Waals surface area (Å²) in [6, 6.07) is 3.16. The zero-order valence-electron chi connectivity index (χ0n) is 8.47. The molecule has 2 aromatic heterocycles. The van der Waals surface area contributed by atoms with Gasteiger partial charge in [0, 0.05) is 18.0 Å². The molecule has 0 amide bonds. The van der Waals surface area contributed by atoms with Crippen LogP contribution >= 0.6 is 0 Å². The topological polar surface area (TPSA) is 92.8 Å². The average Bonchev–Trinajstić information content (AvgIpc) is 2.73. The van der Waals surface area contributed by atoms with E-state index < -0.39 is 5.97 Å². The van der Waals surface area contributed by atoms with E-state index in [-0.39, 0.29) is 5.69 Å². The fourth-order valence-corrected chi connectivity index (χ4v) is 1.03. The van der Waals surface area contributed by atoms with Gasteiger partial charge in [0.05, 0.1) is 0 Å². The summed E-state index contributed by atoms with van der Waals surface area (Å²) in [7, 11) is 0. The summed E-state index contributed by atoms with van der Waals surface area (Å²) in [6.45, 7) is 1.84. The maximum atomic E-state index is 11.4. The number of hydrogen-bond acceptors (Lipinski definition) is 6. The SMILES string of the molecule is Cc1cc(NOC(=O)c2ccncn2)n[nH]1. The first-order chi connectivity index (χ1) is 7.75. The van der Waals surface area contributed by atoms with Crippen molar-refractivity contribution in [1.82, 2.24) is 20.2 Å². The van der Waals surface area contributed by atoms with Crippen LogP contribution in [-0.2, 0) is 4.84 Å². The van der Waals surface area contributed by atoms with Crippen molar-refractivity contribution < 1.29 is 9.63 Å². The van der Waals surface area contributed by atoms with Crippen LogP contribution in [0.2, 0.25) is 0 Å². The first-order valence-electron chi connectivity index (χ1n) is 4.51. The zero-order valence-corrected chi connectivity index (χ0v) is 8.47. The van der Waals surface area contributed by atoms with E-state index in [1.54, 1.807) is 6.07 Å². The highest BCUT2D eigenvalue weighted by Crippen LogP contribution is 2.04. The molecule has 2 aromatic rings. The second-order valence-corrected chi connectivity index (χ2v) is 3.02. The molecule has 0 spiro atoms. The lowest BCUT2D eigenvalue weighted by molar-refractivity contribution is 0.0588. The summed E-state index contributed by atoms with van der Waals surface area (Å²) in [4.78, 5) is 23.6. The highest BCUT2D eigenvalue weighted by Gasteiger charge is 2.08. The van der Waals surface area contributed by atoms with E-state index in [4.69, 9.17) is 4.84 Å². The zero-order chi connectivity index (χ0) is 11.4. The van der Waals surface area contributed by atoms with Gasteiger partial charge in [-0.25, -0.2) is 14.8 Å². The fourth-order valence-electron chi connectivity index (χ4n) is 1.03. The summed E-state index contributed by atoms with van der Waals surface area (Å²) in [5.41, 5.74) is 3.45. The number of H-pyrrole nitrogens is 1. The van der Waals surface area contributed by atoms with E-state index in [9.17, 15) is 4.79 Å². The molecule has 16 heavy (non-hydrogen) atoms. The van der Waals surface area contributed by atoms with Gasteiger partial charge in [-0.1, -0.05) is 0 Å². The largest absolute Gasteiger partial charge is 0.381 e. The number of aromatic amines is 1. The minimum absolute atomic E-state index is 0.176. The van der Waals surface area contributed by atoms with Crippen molar-refractivity contribution in [2.75, 3.05) is 5.48 Å². The molecule has 0 aliphatic carbocycles. The summed E-state index contributed by atoms with van der Waals surface area (Å²) in [5.74, 6) is -0.164. The molecule has 0 saturated carbocycles. The Morgan fingerprint density at radius 3 is 3.06 bits per heavy atom. The number of aromatic nitrogens is 4. The predicted octanol–water partition coefficient (Wildman–Crippen LogP) is 0.692. The summed E-state index contributed by atoms with van der Waals surface area (Å²) >= 11 is 0. The van der Waals surface area contributed by atoms with Crippen LogP contribution in [0.3, 0.4) is 0 Å². The van der Waals surface area contributed by atoms with E-state index in [0.29, 0.717) is 5.82 Å². The third-order valence-corrected chi connectivity index (χ3v) is 1.75. The molecular formula is C9H9N5O2. The van der Waals surface area contributed by atoms with Crippen LogP contribution in [0.4, 0.5) is 5.82 Å². The number of rotatable bonds is 3. The first kappa shape index (κ1) is 10.1. The molecule has 0 radical (unpaired) electrons. The van der Waals surface area contributed by atoms with Gasteiger partial charge in [0.2, 0.25) is 0 Å². The van der Waals surface area contributed by atoms with Gasteiger partial charge >= 0.3 is 5.97 Å². The number of hydrogen-bond donors (Lipinski definition) is 2. The number of nitrogens with one attached hydrogen (secondary N) is 2. The maximum Gasteiger partial charge on any atom is 0.381 e. The van der Waals surface area contributed by atoms with Crippen molar-refractivity contribution in [3.05, 3.63) is 36.0 Å². The number of carbonyl (C=O) groups excluding carboxylic acids is 1. The van der Waals surface area contributed by atoms with Crippen molar-refractivity contribution in [3.63, 3.8) is 0 Å². The molecule has 2 N–H and O–H groups in total. The highest BCUT2D eigenvalue weighted by molar-refractivity contribution is 5.87. The van der Waals surface area contributed by atoms with Crippen molar-refractivity contribution in [1.29, 1.82) is 0 Å². The minimum Gasteiger partial charge on any atom is -0.335 e. The molecule has 0 saturated heterocycles. The third-order valence-electron chi connectivity index (χ3n) is 1.75. The molecule has 0 aliphatic heterocycles. The maximum absolute atomic E-state index is 11.4. The number of carbonyl (C=O) groups is 1. The van der Waals surface area contributed by atoms with Gasteiger partial charge in [0.25, 0.3) is 0 Å². The normalized spacial score (nSPS) is 9.81. The molecule has 0 atom stereocenters. The number of aryl methyl sites for hydroxylation is 1. The summed E-state index contributed by atoms with van der Waals surface area (Å²) in [5, 5.41) is 6.54. The molecule has 7 heteroatoms. The van der Waals surface area contributed by atoms with Crippen LogP contribution in [0.5, 0.6) is 0 Å². The average molecular weight is 219 g/mol. The molecule has 0 aliphatic rings. The molecule has 0 bridgehead atoms. The molecule has 7 nitrogen and oxygen atoms in total. The smallest absolute Gasteiger partial charge is 0.335 e. The Morgan fingerprint density at radius 2 is 2.44 bits per heavy atom. The molecule has 0 unspecified atom stereocenters. The minimum atomic E-state index is -0.594. The highest BCUT2D eigenvalue weighted by atomic mass is 16.7. The molecule has 0 fully saturated rings. The van der Waals surface area contributed by atoms with E-state index in [0.717, 1.165) is 5.69 Å². The van der Waals surface area contributed by atoms with E-state index in [2.05, 4.69) is 25.6 Å². The lowest BCUT2D eigenvalue weighted by Gasteiger charge is -2.02. The Balaban J connectivity index is 1.94. The second-order valence-electron chi connectivity index (χ2n) is 3.02. The Bertz CT molecular complexity index is 482. The van der Waals surface area contributed by atoms with E-state index >= 15 is 0 Å². The van der Waals surface area contributed by atoms with Crippen LogP contribution in [0.15, 0.2) is 24.7 Å². The van der Waals surface area contributed by atoms with E-state index in [1.165, 1.54) is 18.6 Å². The number of nitrogens with zero attached hydrogens (tertiary/aromatic N) is 3. The van der Waals surface area contributed by atoms with Crippen molar-refractivity contribution >= 4 is 11.8 Å². The third kappa shape index (κ3) is 2.32. The van der Waals surface area contributed by atoms with Crippen LogP contribution < -0.4 is 5.48 Å². The Kier molecular flexibility index (Phi) is 2.77. The summed E-state index contributed by atoms with van der Waals surface area (Å²) in [6.07, 6.45) is 2.73. The lowest BCUT2D eigenvalue weighted by Crippen LogP contribution is -2.12. The Labute approximate surface area is 90.8 Å². The van der Waals surface area contributed by atoms with Gasteiger partial charge in [-0.15, -0.1) is 0 Å². The van der Waals surface area contributed by atoms with Gasteiger partial charge in [0.1, 0.15) is 6.33 Å². The lowest BCUT2D eigenvalue weighted by atomic mass is 10.4. The molecule has 2 rings (SSSR count). The van der Waals surface area contributed by atoms with Crippen molar-refractivity contribution in [3.8, 4) is 0 Å². The molecular weight excluding hydrogens is 210 g/mol. The number of anilines is 1. The van der Waals surface area contributed by atoms with Gasteiger partial charge in [-0.2, -0.15) is 10.6 Å². The van der Waals surface area contributed by atoms with Crippen LogP contribution in [-0.4, -0.2) is 26.1 Å². The van der Waals surface area contributed by atoms with Gasteiger partial charge < -0.3 is 4.84 Å².